The number of rotatable bonds is 0. The third kappa shape index (κ3) is 50.8. The Morgan fingerprint density at radius 3 is 0.714 bits per heavy atom. The van der Waals surface area contributed by atoms with E-state index in [0.717, 1.165) is 0 Å². The summed E-state index contributed by atoms with van der Waals surface area (Å²) in [6, 6.07) is 0. The molecule has 0 rings (SSSR count). The molecule has 0 unspecified atom stereocenters. The molecule has 0 radical (unpaired) electrons. The first-order chi connectivity index (χ1) is 1.41. The van der Waals surface area contributed by atoms with Gasteiger partial charge in [0.25, 0.3) is 0 Å². The van der Waals surface area contributed by atoms with Crippen LogP contribution in [0.1, 0.15) is 0 Å². The van der Waals surface area contributed by atoms with Crippen molar-refractivity contribution in [1.29, 1.82) is 0 Å². The van der Waals surface area contributed by atoms with Gasteiger partial charge in [0, 0.05) is 0 Å². The first-order valence-corrected chi connectivity index (χ1v) is 26.1. The van der Waals surface area contributed by atoms with Gasteiger partial charge in [0.15, 0.2) is 0 Å². The molecule has 7 heavy (non-hydrogen) atoms. The van der Waals surface area contributed by atoms with Gasteiger partial charge in [-0.15, -0.1) is 0 Å². The van der Waals surface area contributed by atoms with Gasteiger partial charge in [0.2, 0.25) is 0 Å². The summed E-state index contributed by atoms with van der Waals surface area (Å²) in [7, 11) is 0. The van der Waals surface area contributed by atoms with Gasteiger partial charge in [-0.3, -0.25) is 0 Å². The van der Waals surface area contributed by atoms with E-state index in [2.05, 4.69) is 23.9 Å². The Labute approximate surface area is 75.3 Å². The first-order valence-electron chi connectivity index (χ1n) is 0.535. The Morgan fingerprint density at radius 2 is 0.714 bits per heavy atom. The van der Waals surface area contributed by atoms with Crippen molar-refractivity contribution in [2.75, 3.05) is 0 Å². The van der Waals surface area contributed by atoms with Crippen molar-refractivity contribution < 1.29 is 21.9 Å². The predicted molar refractivity (Wildman–Crippen MR) is 48.2 cm³/mol. The zero-order valence-electron chi connectivity index (χ0n) is 3.46. The van der Waals surface area contributed by atoms with E-state index in [1.54, 1.807) is 0 Å². The van der Waals surface area contributed by atoms with Gasteiger partial charge < -0.3 is 21.9 Å². The molecule has 0 aliphatic heterocycles. The fourth-order valence-corrected chi connectivity index (χ4v) is 0. The maximum absolute atomic E-state index is 2.50. The van der Waals surface area contributed by atoms with E-state index < -0.39 is 0 Å². The van der Waals surface area contributed by atoms with Crippen LogP contribution in [0.4, 0.5) is 0 Å². The van der Waals surface area contributed by atoms with Crippen LogP contribution in [0.5, 0.6) is 0 Å². The Hall–Kier alpha value is 2.87. The van der Waals surface area contributed by atoms with Crippen molar-refractivity contribution in [1.82, 2.24) is 0 Å². The molecule has 0 aliphatic rings. The Balaban J connectivity index is -0.00000000333. The molecule has 0 aliphatic carbocycles. The second-order valence-electron chi connectivity index (χ2n) is 0.101. The standard InChI is InChI=1S/Ba.2HI.4H2O/h;2*1H;4*1H2/q+2;;;;;;/p-2. The van der Waals surface area contributed by atoms with Crippen LogP contribution in [-0.2, 0) is 0 Å². The van der Waals surface area contributed by atoms with Gasteiger partial charge in [-0.05, 0) is 0 Å². The molecule has 8 N–H and O–H groups in total. The molecule has 0 saturated carbocycles. The fraction of sp³-hybridized carbons (Fsp3) is 0. The quantitative estimate of drug-likeness (QED) is 0.294. The average Bonchev–Trinajstić information content (AvgIpc) is 0.918. The molecule has 48 valence electrons. The number of hydrogen-bond acceptors (Lipinski definition) is 0. The van der Waals surface area contributed by atoms with Crippen LogP contribution in [0.2, 0.25) is 0 Å². The Bertz CT molecular complexity index is 9.65. The molecule has 4 nitrogen and oxygen atoms in total. The first kappa shape index (κ1) is 32.7. The van der Waals surface area contributed by atoms with Crippen LogP contribution >= 0.6 is 23.9 Å². The monoisotopic (exact) mass is 464 g/mol. The van der Waals surface area contributed by atoms with Crippen LogP contribution < -0.4 is 0 Å². The molecule has 0 heterocycles. The van der Waals surface area contributed by atoms with Crippen molar-refractivity contribution in [3.63, 3.8) is 0 Å². The van der Waals surface area contributed by atoms with Gasteiger partial charge in [-0.2, -0.15) is 0 Å². The van der Waals surface area contributed by atoms with Gasteiger partial charge in [0.05, 0.1) is 0 Å². The van der Waals surface area contributed by atoms with E-state index >= 15 is 0 Å². The molecule has 7 heteroatoms. The summed E-state index contributed by atoms with van der Waals surface area (Å²) in [6.07, 6.45) is 0. The normalized spacial score (nSPS) is 1.43. The minimum atomic E-state index is -0.143. The van der Waals surface area contributed by atoms with Crippen molar-refractivity contribution in [2.45, 2.75) is 0 Å². The van der Waals surface area contributed by atoms with Gasteiger partial charge in [-0.25, -0.2) is 0 Å². The van der Waals surface area contributed by atoms with E-state index in [1.165, 1.54) is 0 Å². The summed E-state index contributed by atoms with van der Waals surface area (Å²) >= 11 is 4.85. The second kappa shape index (κ2) is 36.7. The van der Waals surface area contributed by atoms with Crippen molar-refractivity contribution in [3.05, 3.63) is 0 Å². The predicted octanol–water partition coefficient (Wildman–Crippen LogP) is -1.91. The summed E-state index contributed by atoms with van der Waals surface area (Å²) < 4.78 is 0. The fourth-order valence-electron chi connectivity index (χ4n) is 0. The van der Waals surface area contributed by atoms with E-state index in [0.29, 0.717) is 0 Å². The van der Waals surface area contributed by atoms with Crippen molar-refractivity contribution in [3.8, 4) is 0 Å². The summed E-state index contributed by atoms with van der Waals surface area (Å²) in [5.74, 6) is 0. The molecule has 0 aromatic rings. The number of halogens is 2. The van der Waals surface area contributed by atoms with Gasteiger partial charge in [0.1, 0.15) is 0 Å². The maximum atomic E-state index is 2.50. The molecular formula is H8BaI2O4. The molecule has 0 aromatic heterocycles. The van der Waals surface area contributed by atoms with E-state index in [4.69, 9.17) is 0 Å². The molecule has 0 amide bonds. The van der Waals surface area contributed by atoms with E-state index in [1.807, 2.05) is 0 Å². The van der Waals surface area contributed by atoms with Crippen LogP contribution in [0, 0.1) is 0 Å². The zero-order valence-corrected chi connectivity index (χ0v) is 12.2. The Morgan fingerprint density at radius 1 is 0.714 bits per heavy atom. The summed E-state index contributed by atoms with van der Waals surface area (Å²) in [6.45, 7) is 0. The van der Waals surface area contributed by atoms with Crippen LogP contribution in [0.3, 0.4) is 0 Å². The molecule has 0 fully saturated rings. The molecule has 0 atom stereocenters. The third-order valence-corrected chi connectivity index (χ3v) is 0. The SMILES string of the molecule is O.O.O.O.[I][Ba][I]. The van der Waals surface area contributed by atoms with Crippen LogP contribution in [0.15, 0.2) is 0 Å². The van der Waals surface area contributed by atoms with Crippen molar-refractivity contribution >= 4 is 56.0 Å². The topological polar surface area (TPSA) is 126 Å². The van der Waals surface area contributed by atoms with Gasteiger partial charge in [-0.1, -0.05) is 0 Å². The van der Waals surface area contributed by atoms with Crippen LogP contribution in [0.25, 0.3) is 0 Å². The third-order valence-electron chi connectivity index (χ3n) is 0. The molecular weight excluding hydrogens is 455 g/mol. The summed E-state index contributed by atoms with van der Waals surface area (Å²) in [5.41, 5.74) is 0. The van der Waals surface area contributed by atoms with Crippen molar-refractivity contribution in [2.24, 2.45) is 0 Å². The molecule has 0 saturated heterocycles. The van der Waals surface area contributed by atoms with Gasteiger partial charge >= 0.3 is 56.0 Å². The van der Waals surface area contributed by atoms with E-state index in [9.17, 15) is 0 Å². The van der Waals surface area contributed by atoms with Crippen LogP contribution in [-0.4, -0.2) is 54.0 Å². The minimum absolute atomic E-state index is 0. The van der Waals surface area contributed by atoms with E-state index in [-0.39, 0.29) is 54.0 Å². The Kier molecular flexibility index (Phi) is 172. The zero-order chi connectivity index (χ0) is 2.71. The summed E-state index contributed by atoms with van der Waals surface area (Å²) in [4.78, 5) is 0. The number of hydrogen-bond donors (Lipinski definition) is 0. The second-order valence-corrected chi connectivity index (χ2v) is 33.1. The average molecular weight is 463 g/mol. The molecule has 0 bridgehead atoms. The molecule has 0 spiro atoms. The molecule has 0 aromatic carbocycles. The summed E-state index contributed by atoms with van der Waals surface area (Å²) in [5, 5.41) is 0.